The van der Waals surface area contributed by atoms with Crippen molar-refractivity contribution in [1.29, 1.82) is 0 Å². The highest BCUT2D eigenvalue weighted by Crippen LogP contribution is 2.30. The number of nitrogens with zero attached hydrogens (tertiary/aromatic N) is 2. The molecule has 1 N–H and O–H groups in total. The molecule has 4 rings (SSSR count). The van der Waals surface area contributed by atoms with Gasteiger partial charge in [-0.15, -0.1) is 22.7 Å². The van der Waals surface area contributed by atoms with E-state index in [1.54, 1.807) is 29.1 Å². The van der Waals surface area contributed by atoms with Crippen molar-refractivity contribution in [2.45, 2.75) is 6.61 Å². The van der Waals surface area contributed by atoms with E-state index in [1.165, 1.54) is 35.8 Å². The molecule has 0 saturated heterocycles. The number of anilines is 1. The van der Waals surface area contributed by atoms with Crippen molar-refractivity contribution >= 4 is 33.7 Å². The van der Waals surface area contributed by atoms with Crippen LogP contribution in [0.5, 0.6) is 11.5 Å². The lowest BCUT2D eigenvalue weighted by Gasteiger charge is -2.11. The maximum absolute atomic E-state index is 13.4. The number of hydrogen-bond acceptors (Lipinski definition) is 7. The number of ether oxygens (including phenoxy) is 2. The molecule has 31 heavy (non-hydrogen) atoms. The highest BCUT2D eigenvalue weighted by atomic mass is 32.1. The number of aromatic nitrogens is 2. The number of amides is 1. The fourth-order valence-electron chi connectivity index (χ4n) is 2.68. The molecule has 0 spiro atoms. The van der Waals surface area contributed by atoms with Crippen LogP contribution in [0.15, 0.2) is 52.7 Å². The summed E-state index contributed by atoms with van der Waals surface area (Å²) in [5.74, 6) is -1.39. The molecular formula is C21H15F2N3O3S2. The standard InChI is InChI=1S/C21H15F2N3O3S2/c1-28-19-7-13(3-5-18(19)29-8-14-9-30-11-24-14)20(27)26-21-25-17(10-31-21)12-2-4-15(22)16(23)6-12/h2-7,9-11H,8H2,1H3,(H,25,26,27). The molecule has 0 fully saturated rings. The molecule has 0 aliphatic heterocycles. The zero-order chi connectivity index (χ0) is 21.8. The first-order chi connectivity index (χ1) is 15.0. The number of hydrogen-bond donors (Lipinski definition) is 1. The summed E-state index contributed by atoms with van der Waals surface area (Å²) in [5.41, 5.74) is 3.72. The summed E-state index contributed by atoms with van der Waals surface area (Å²) in [6, 6.07) is 8.34. The van der Waals surface area contributed by atoms with E-state index in [2.05, 4.69) is 15.3 Å². The molecule has 158 valence electrons. The second kappa shape index (κ2) is 9.19. The van der Waals surface area contributed by atoms with Crippen LogP contribution in [-0.4, -0.2) is 23.0 Å². The van der Waals surface area contributed by atoms with Crippen LogP contribution >= 0.6 is 22.7 Å². The Balaban J connectivity index is 1.45. The van der Waals surface area contributed by atoms with Crippen LogP contribution in [0.4, 0.5) is 13.9 Å². The molecule has 2 aromatic carbocycles. The summed E-state index contributed by atoms with van der Waals surface area (Å²) in [6.45, 7) is 0.289. The minimum absolute atomic E-state index is 0.289. The Labute approximate surface area is 184 Å². The maximum Gasteiger partial charge on any atom is 0.257 e. The van der Waals surface area contributed by atoms with Gasteiger partial charge in [-0.05, 0) is 36.4 Å². The molecule has 0 saturated carbocycles. The average Bonchev–Trinajstić information content (AvgIpc) is 3.46. The predicted octanol–water partition coefficient (Wildman–Crippen LogP) is 5.38. The summed E-state index contributed by atoms with van der Waals surface area (Å²) in [5, 5.41) is 6.56. The van der Waals surface area contributed by atoms with Crippen LogP contribution < -0.4 is 14.8 Å². The number of halogens is 2. The van der Waals surface area contributed by atoms with Gasteiger partial charge in [0.25, 0.3) is 5.91 Å². The zero-order valence-electron chi connectivity index (χ0n) is 16.1. The first-order valence-electron chi connectivity index (χ1n) is 8.93. The SMILES string of the molecule is COc1cc(C(=O)Nc2nc(-c3ccc(F)c(F)c3)cs2)ccc1OCc1cscn1. The molecule has 2 aromatic heterocycles. The van der Waals surface area contributed by atoms with E-state index < -0.39 is 17.5 Å². The number of rotatable bonds is 7. The normalized spacial score (nSPS) is 10.7. The van der Waals surface area contributed by atoms with Crippen LogP contribution in [0.25, 0.3) is 11.3 Å². The van der Waals surface area contributed by atoms with Gasteiger partial charge in [0.05, 0.1) is 24.0 Å². The molecule has 0 aliphatic rings. The third-order valence-electron chi connectivity index (χ3n) is 4.22. The average molecular weight is 459 g/mol. The van der Waals surface area contributed by atoms with E-state index in [1.807, 2.05) is 5.38 Å². The van der Waals surface area contributed by atoms with E-state index in [-0.39, 0.29) is 6.61 Å². The maximum atomic E-state index is 13.4. The zero-order valence-corrected chi connectivity index (χ0v) is 17.7. The molecule has 4 aromatic rings. The van der Waals surface area contributed by atoms with Crippen LogP contribution in [0.1, 0.15) is 16.1 Å². The second-order valence-corrected chi connectivity index (χ2v) is 7.83. The predicted molar refractivity (Wildman–Crippen MR) is 115 cm³/mol. The first kappa shape index (κ1) is 20.9. The van der Waals surface area contributed by atoms with Gasteiger partial charge in [-0.25, -0.2) is 18.7 Å². The first-order valence-corrected chi connectivity index (χ1v) is 10.8. The van der Waals surface area contributed by atoms with E-state index in [0.717, 1.165) is 17.8 Å². The summed E-state index contributed by atoms with van der Waals surface area (Å²) >= 11 is 2.65. The minimum atomic E-state index is -0.958. The number of thiazole rings is 2. The number of carbonyl (C=O) groups is 1. The summed E-state index contributed by atoms with van der Waals surface area (Å²) < 4.78 is 37.6. The van der Waals surface area contributed by atoms with Crippen molar-refractivity contribution in [3.63, 3.8) is 0 Å². The van der Waals surface area contributed by atoms with Crippen molar-refractivity contribution in [2.75, 3.05) is 12.4 Å². The van der Waals surface area contributed by atoms with Gasteiger partial charge >= 0.3 is 0 Å². The number of methoxy groups -OCH3 is 1. The van der Waals surface area contributed by atoms with E-state index >= 15 is 0 Å². The third kappa shape index (κ3) is 4.86. The lowest BCUT2D eigenvalue weighted by molar-refractivity contribution is 0.102. The molecule has 0 unspecified atom stereocenters. The van der Waals surface area contributed by atoms with Crippen molar-refractivity contribution in [2.24, 2.45) is 0 Å². The van der Waals surface area contributed by atoms with Crippen molar-refractivity contribution in [1.82, 2.24) is 9.97 Å². The van der Waals surface area contributed by atoms with Crippen molar-refractivity contribution < 1.29 is 23.0 Å². The fourth-order valence-corrected chi connectivity index (χ4v) is 3.93. The van der Waals surface area contributed by atoms with Crippen molar-refractivity contribution in [3.05, 3.63) is 75.6 Å². The second-order valence-electron chi connectivity index (χ2n) is 6.26. The van der Waals surface area contributed by atoms with Gasteiger partial charge in [0.15, 0.2) is 28.3 Å². The van der Waals surface area contributed by atoms with Gasteiger partial charge in [-0.3, -0.25) is 10.1 Å². The van der Waals surface area contributed by atoms with E-state index in [4.69, 9.17) is 9.47 Å². The summed E-state index contributed by atoms with van der Waals surface area (Å²) in [6.07, 6.45) is 0. The van der Waals surface area contributed by atoms with Crippen molar-refractivity contribution in [3.8, 4) is 22.8 Å². The van der Waals surface area contributed by atoms with Gasteiger partial charge in [0.2, 0.25) is 0 Å². The largest absolute Gasteiger partial charge is 0.493 e. The molecule has 0 radical (unpaired) electrons. The number of benzene rings is 2. The quantitative estimate of drug-likeness (QED) is 0.401. The summed E-state index contributed by atoms with van der Waals surface area (Å²) in [7, 11) is 1.49. The molecular weight excluding hydrogens is 444 g/mol. The lowest BCUT2D eigenvalue weighted by Crippen LogP contribution is -2.12. The van der Waals surface area contributed by atoms with Crippen LogP contribution in [0.3, 0.4) is 0 Å². The lowest BCUT2D eigenvalue weighted by atomic mass is 10.1. The minimum Gasteiger partial charge on any atom is -0.493 e. The molecule has 2 heterocycles. The fraction of sp³-hybridized carbons (Fsp3) is 0.0952. The van der Waals surface area contributed by atoms with Crippen LogP contribution in [-0.2, 0) is 6.61 Å². The molecule has 6 nitrogen and oxygen atoms in total. The van der Waals surface area contributed by atoms with Gasteiger partial charge < -0.3 is 9.47 Å². The van der Waals surface area contributed by atoms with E-state index in [9.17, 15) is 13.6 Å². The molecule has 0 bridgehead atoms. The Hall–Kier alpha value is -3.37. The highest BCUT2D eigenvalue weighted by Gasteiger charge is 2.14. The number of nitrogens with one attached hydrogen (secondary N) is 1. The third-order valence-corrected chi connectivity index (χ3v) is 5.62. The van der Waals surface area contributed by atoms with Gasteiger partial charge in [-0.1, -0.05) is 0 Å². The van der Waals surface area contributed by atoms with Crippen LogP contribution in [0.2, 0.25) is 0 Å². The van der Waals surface area contributed by atoms with Crippen LogP contribution in [0, 0.1) is 11.6 Å². The molecule has 10 heteroatoms. The highest BCUT2D eigenvalue weighted by molar-refractivity contribution is 7.14. The van der Waals surface area contributed by atoms with Gasteiger partial charge in [0.1, 0.15) is 6.61 Å². The molecule has 1 amide bonds. The molecule has 0 atom stereocenters. The molecule has 0 aliphatic carbocycles. The van der Waals surface area contributed by atoms with Gasteiger partial charge in [-0.2, -0.15) is 0 Å². The Kier molecular flexibility index (Phi) is 6.19. The Morgan fingerprint density at radius 2 is 1.97 bits per heavy atom. The Morgan fingerprint density at radius 3 is 2.71 bits per heavy atom. The Bertz CT molecular complexity index is 1210. The Morgan fingerprint density at radius 1 is 1.10 bits per heavy atom. The van der Waals surface area contributed by atoms with Gasteiger partial charge in [0, 0.05) is 21.9 Å². The monoisotopic (exact) mass is 459 g/mol. The topological polar surface area (TPSA) is 73.3 Å². The smallest absolute Gasteiger partial charge is 0.257 e. The number of carbonyl (C=O) groups excluding carboxylic acids is 1. The summed E-state index contributed by atoms with van der Waals surface area (Å²) in [4.78, 5) is 21.0. The van der Waals surface area contributed by atoms with E-state index in [0.29, 0.717) is 33.5 Å².